The minimum Gasteiger partial charge on any atom is -0.347 e. The number of nitrogens with zero attached hydrogens (tertiary/aromatic N) is 4. The molecule has 0 aromatic carbocycles. The number of amides is 1. The van der Waals surface area contributed by atoms with Crippen LogP contribution in [0.1, 0.15) is 16.3 Å². The number of aryl methyl sites for hydroxylation is 1. The Hall–Kier alpha value is -2.18. The molecular formula is C8H10N6O. The molecule has 1 amide bonds. The number of nitrogens with one attached hydrogen (secondary N) is 2. The average Bonchev–Trinajstić information content (AvgIpc) is 2.84. The van der Waals surface area contributed by atoms with E-state index in [-0.39, 0.29) is 12.5 Å². The van der Waals surface area contributed by atoms with Gasteiger partial charge in [0.25, 0.3) is 5.91 Å². The SMILES string of the molecule is Cn1cccc1C(=O)NCc1nn[nH]n1. The Morgan fingerprint density at radius 3 is 3.13 bits per heavy atom. The summed E-state index contributed by atoms with van der Waals surface area (Å²) in [5, 5.41) is 15.8. The Morgan fingerprint density at radius 1 is 1.67 bits per heavy atom. The van der Waals surface area contributed by atoms with Crippen molar-refractivity contribution in [3.63, 3.8) is 0 Å². The molecule has 0 aliphatic carbocycles. The number of hydrogen-bond donors (Lipinski definition) is 2. The van der Waals surface area contributed by atoms with E-state index in [2.05, 4.69) is 25.9 Å². The highest BCUT2D eigenvalue weighted by Gasteiger charge is 2.08. The predicted molar refractivity (Wildman–Crippen MR) is 50.8 cm³/mol. The van der Waals surface area contributed by atoms with Gasteiger partial charge in [0, 0.05) is 13.2 Å². The molecular weight excluding hydrogens is 196 g/mol. The zero-order chi connectivity index (χ0) is 10.7. The lowest BCUT2D eigenvalue weighted by Crippen LogP contribution is -2.25. The molecule has 15 heavy (non-hydrogen) atoms. The molecule has 2 rings (SSSR count). The van der Waals surface area contributed by atoms with Crippen molar-refractivity contribution >= 4 is 5.91 Å². The van der Waals surface area contributed by atoms with Crippen molar-refractivity contribution in [3.8, 4) is 0 Å². The fraction of sp³-hybridized carbons (Fsp3) is 0.250. The quantitative estimate of drug-likeness (QED) is 0.706. The zero-order valence-corrected chi connectivity index (χ0v) is 8.14. The van der Waals surface area contributed by atoms with Gasteiger partial charge in [-0.25, -0.2) is 0 Å². The van der Waals surface area contributed by atoms with Crippen LogP contribution in [0.15, 0.2) is 18.3 Å². The summed E-state index contributed by atoms with van der Waals surface area (Å²) in [6.07, 6.45) is 1.81. The third-order valence-electron chi connectivity index (χ3n) is 1.97. The maximum Gasteiger partial charge on any atom is 0.268 e. The molecule has 7 nitrogen and oxygen atoms in total. The summed E-state index contributed by atoms with van der Waals surface area (Å²) >= 11 is 0. The van der Waals surface area contributed by atoms with Gasteiger partial charge in [-0.3, -0.25) is 4.79 Å². The third-order valence-corrected chi connectivity index (χ3v) is 1.97. The first kappa shape index (κ1) is 9.38. The van der Waals surface area contributed by atoms with Crippen molar-refractivity contribution in [2.24, 2.45) is 7.05 Å². The molecule has 7 heteroatoms. The van der Waals surface area contributed by atoms with Crippen molar-refractivity contribution in [3.05, 3.63) is 29.8 Å². The number of carbonyl (C=O) groups excluding carboxylic acids is 1. The summed E-state index contributed by atoms with van der Waals surface area (Å²) in [7, 11) is 1.81. The van der Waals surface area contributed by atoms with E-state index in [0.717, 1.165) is 0 Å². The molecule has 0 saturated carbocycles. The van der Waals surface area contributed by atoms with Gasteiger partial charge in [-0.2, -0.15) is 5.21 Å². The van der Waals surface area contributed by atoms with E-state index in [0.29, 0.717) is 11.5 Å². The highest BCUT2D eigenvalue weighted by Crippen LogP contribution is 1.99. The van der Waals surface area contributed by atoms with Crippen LogP contribution in [-0.2, 0) is 13.6 Å². The molecule has 0 atom stereocenters. The Labute approximate surface area is 85.5 Å². The molecule has 0 aliphatic rings. The Bertz CT molecular complexity index is 445. The number of aromatic amines is 1. The van der Waals surface area contributed by atoms with Gasteiger partial charge in [-0.15, -0.1) is 10.2 Å². The lowest BCUT2D eigenvalue weighted by Gasteiger charge is -2.02. The van der Waals surface area contributed by atoms with Crippen LogP contribution >= 0.6 is 0 Å². The molecule has 0 spiro atoms. The van der Waals surface area contributed by atoms with E-state index in [9.17, 15) is 4.79 Å². The summed E-state index contributed by atoms with van der Waals surface area (Å²) in [5.74, 6) is 0.296. The van der Waals surface area contributed by atoms with E-state index in [1.807, 2.05) is 19.3 Å². The number of aromatic nitrogens is 5. The molecule has 0 radical (unpaired) electrons. The number of H-pyrrole nitrogens is 1. The monoisotopic (exact) mass is 206 g/mol. The van der Waals surface area contributed by atoms with Crippen molar-refractivity contribution < 1.29 is 4.79 Å². The Kier molecular flexibility index (Phi) is 2.44. The van der Waals surface area contributed by atoms with Gasteiger partial charge in [0.05, 0.1) is 6.54 Å². The smallest absolute Gasteiger partial charge is 0.268 e. The minimum atomic E-state index is -0.160. The number of hydrogen-bond acceptors (Lipinski definition) is 4. The summed E-state index contributed by atoms with van der Waals surface area (Å²) in [6, 6.07) is 3.55. The Morgan fingerprint density at radius 2 is 2.53 bits per heavy atom. The molecule has 2 N–H and O–H groups in total. The summed E-state index contributed by atoms with van der Waals surface area (Å²) in [5.41, 5.74) is 0.596. The molecule has 78 valence electrons. The molecule has 2 heterocycles. The largest absolute Gasteiger partial charge is 0.347 e. The van der Waals surface area contributed by atoms with Gasteiger partial charge in [-0.1, -0.05) is 5.21 Å². The van der Waals surface area contributed by atoms with E-state index >= 15 is 0 Å². The number of tetrazole rings is 1. The van der Waals surface area contributed by atoms with Crippen LogP contribution in [0.5, 0.6) is 0 Å². The van der Waals surface area contributed by atoms with Gasteiger partial charge in [0.1, 0.15) is 5.69 Å². The van der Waals surface area contributed by atoms with Crippen LogP contribution in [0.4, 0.5) is 0 Å². The van der Waals surface area contributed by atoms with E-state index in [4.69, 9.17) is 0 Å². The molecule has 2 aromatic rings. The van der Waals surface area contributed by atoms with Crippen LogP contribution in [-0.4, -0.2) is 31.1 Å². The van der Waals surface area contributed by atoms with E-state index < -0.39 is 0 Å². The maximum atomic E-state index is 11.6. The van der Waals surface area contributed by atoms with Crippen molar-refractivity contribution in [1.29, 1.82) is 0 Å². The van der Waals surface area contributed by atoms with Crippen molar-refractivity contribution in [2.75, 3.05) is 0 Å². The van der Waals surface area contributed by atoms with Gasteiger partial charge >= 0.3 is 0 Å². The minimum absolute atomic E-state index is 0.160. The first-order chi connectivity index (χ1) is 7.27. The van der Waals surface area contributed by atoms with Crippen LogP contribution < -0.4 is 5.32 Å². The van der Waals surface area contributed by atoms with Crippen LogP contribution in [0, 0.1) is 0 Å². The lowest BCUT2D eigenvalue weighted by molar-refractivity contribution is 0.0942. The topological polar surface area (TPSA) is 88.5 Å². The Balaban J connectivity index is 1.96. The molecule has 0 fully saturated rings. The number of carbonyl (C=O) groups is 1. The second kappa shape index (κ2) is 3.91. The first-order valence-electron chi connectivity index (χ1n) is 4.39. The average molecular weight is 206 g/mol. The highest BCUT2D eigenvalue weighted by molar-refractivity contribution is 5.92. The third kappa shape index (κ3) is 2.01. The van der Waals surface area contributed by atoms with Crippen molar-refractivity contribution in [1.82, 2.24) is 30.5 Å². The van der Waals surface area contributed by atoms with E-state index in [1.165, 1.54) is 0 Å². The molecule has 0 saturated heterocycles. The fourth-order valence-electron chi connectivity index (χ4n) is 1.20. The fourth-order valence-corrected chi connectivity index (χ4v) is 1.20. The summed E-state index contributed by atoms with van der Waals surface area (Å²) in [4.78, 5) is 11.6. The molecule has 0 aliphatic heterocycles. The number of rotatable bonds is 3. The highest BCUT2D eigenvalue weighted by atomic mass is 16.1. The summed E-state index contributed by atoms with van der Waals surface area (Å²) in [6.45, 7) is 0.264. The second-order valence-corrected chi connectivity index (χ2v) is 3.02. The lowest BCUT2D eigenvalue weighted by atomic mass is 10.4. The van der Waals surface area contributed by atoms with Gasteiger partial charge in [-0.05, 0) is 12.1 Å². The molecule has 0 bridgehead atoms. The van der Waals surface area contributed by atoms with Crippen molar-refractivity contribution in [2.45, 2.75) is 6.54 Å². The zero-order valence-electron chi connectivity index (χ0n) is 8.14. The standard InChI is InChI=1S/C8H10N6O/c1-14-4-2-3-6(14)8(15)9-5-7-10-12-13-11-7/h2-4H,5H2,1H3,(H,9,15)(H,10,11,12,13). The van der Waals surface area contributed by atoms with Crippen LogP contribution in [0.3, 0.4) is 0 Å². The summed E-state index contributed by atoms with van der Waals surface area (Å²) < 4.78 is 1.74. The first-order valence-corrected chi connectivity index (χ1v) is 4.39. The van der Waals surface area contributed by atoms with Gasteiger partial charge in [0.2, 0.25) is 0 Å². The normalized spacial score (nSPS) is 10.2. The molecule has 2 aromatic heterocycles. The van der Waals surface area contributed by atoms with Gasteiger partial charge < -0.3 is 9.88 Å². The van der Waals surface area contributed by atoms with E-state index in [1.54, 1.807) is 10.6 Å². The molecule has 0 unspecified atom stereocenters. The predicted octanol–water partition coefficient (Wildman–Crippen LogP) is -0.532. The van der Waals surface area contributed by atoms with Gasteiger partial charge in [0.15, 0.2) is 5.82 Å². The second-order valence-electron chi connectivity index (χ2n) is 3.02. The maximum absolute atomic E-state index is 11.6. The van der Waals surface area contributed by atoms with Crippen LogP contribution in [0.2, 0.25) is 0 Å². The van der Waals surface area contributed by atoms with Crippen LogP contribution in [0.25, 0.3) is 0 Å².